The maximum atomic E-state index is 13.4. The highest BCUT2D eigenvalue weighted by Crippen LogP contribution is 2.36. The van der Waals surface area contributed by atoms with Crippen LogP contribution in [0, 0.1) is 4.91 Å². The molecule has 40 heavy (non-hydrogen) atoms. The second-order valence-corrected chi connectivity index (χ2v) is 9.76. The number of thiazole rings is 1. The van der Waals surface area contributed by atoms with Crippen molar-refractivity contribution in [2.24, 2.45) is 5.34 Å². The van der Waals surface area contributed by atoms with E-state index in [0.29, 0.717) is 40.9 Å². The number of halogens is 4. The summed E-state index contributed by atoms with van der Waals surface area (Å²) in [6, 6.07) is 12.6. The molecular formula is C23H24BrClF2N7O5S+. The van der Waals surface area contributed by atoms with E-state index < -0.39 is 12.1 Å². The smallest absolute Gasteiger partial charge is 0.366 e. The lowest BCUT2D eigenvalue weighted by Gasteiger charge is -2.12. The molecule has 0 saturated heterocycles. The summed E-state index contributed by atoms with van der Waals surface area (Å²) >= 11 is 6.95. The van der Waals surface area contributed by atoms with Gasteiger partial charge in [0.1, 0.15) is 10.1 Å². The molecular weight excluding hydrogens is 640 g/mol. The van der Waals surface area contributed by atoms with E-state index in [1.807, 2.05) is 32.3 Å². The van der Waals surface area contributed by atoms with Crippen LogP contribution in [0.4, 0.5) is 8.78 Å². The van der Waals surface area contributed by atoms with Gasteiger partial charge in [-0.15, -0.1) is 21.9 Å². The van der Waals surface area contributed by atoms with Crippen molar-refractivity contribution in [1.29, 1.82) is 0 Å². The van der Waals surface area contributed by atoms with E-state index in [-0.39, 0.29) is 33.2 Å². The van der Waals surface area contributed by atoms with Gasteiger partial charge < -0.3 is 24.3 Å². The van der Waals surface area contributed by atoms with Gasteiger partial charge in [-0.1, -0.05) is 28.7 Å². The molecule has 4 aromatic rings. The summed E-state index contributed by atoms with van der Waals surface area (Å²) in [4.78, 5) is 17.0. The van der Waals surface area contributed by atoms with Crippen molar-refractivity contribution in [3.63, 3.8) is 0 Å². The molecule has 0 atom stereocenters. The number of fused-ring (bicyclic) bond motifs is 1. The van der Waals surface area contributed by atoms with Crippen LogP contribution in [0.5, 0.6) is 17.2 Å². The zero-order valence-corrected chi connectivity index (χ0v) is 24.4. The van der Waals surface area contributed by atoms with Crippen molar-refractivity contribution in [2.75, 3.05) is 34.0 Å². The Morgan fingerprint density at radius 2 is 1.98 bits per heavy atom. The minimum Gasteiger partial charge on any atom is -0.491 e. The highest BCUT2D eigenvalue weighted by atomic mass is 79.9. The van der Waals surface area contributed by atoms with Crippen LogP contribution in [0.1, 0.15) is 18.5 Å². The Balaban J connectivity index is 0.00000106. The third-order valence-electron chi connectivity index (χ3n) is 5.25. The summed E-state index contributed by atoms with van der Waals surface area (Å²) in [6.07, 6.45) is -2.00. The van der Waals surface area contributed by atoms with Gasteiger partial charge in [0, 0.05) is 17.2 Å². The second-order valence-electron chi connectivity index (χ2n) is 8.18. The van der Waals surface area contributed by atoms with Gasteiger partial charge >= 0.3 is 5.13 Å². The van der Waals surface area contributed by atoms with Gasteiger partial charge in [0.15, 0.2) is 22.5 Å². The van der Waals surface area contributed by atoms with Crippen molar-refractivity contribution in [3.8, 4) is 39.5 Å². The van der Waals surface area contributed by atoms with Crippen LogP contribution in [0.2, 0.25) is 4.34 Å². The fraction of sp³-hybridized carbons (Fsp3) is 0.304. The maximum Gasteiger partial charge on any atom is 0.366 e. The number of hydrogen-bond donors (Lipinski definition) is 1. The average molecular weight is 664 g/mol. The topological polar surface area (TPSA) is 128 Å². The zero-order chi connectivity index (χ0) is 27.9. The second kappa shape index (κ2) is 14.2. The molecule has 3 heterocycles. The number of hydrogen-bond acceptors (Lipinski definition) is 10. The monoisotopic (exact) mass is 662 g/mol. The summed E-state index contributed by atoms with van der Waals surface area (Å²) in [5.41, 5.74) is 0.705. The molecule has 12 nitrogen and oxygen atoms in total. The van der Waals surface area contributed by atoms with Gasteiger partial charge in [-0.2, -0.15) is 0 Å². The minimum atomic E-state index is -2.82. The van der Waals surface area contributed by atoms with Crippen LogP contribution in [0.3, 0.4) is 0 Å². The Bertz CT molecular complexity index is 1440. The van der Waals surface area contributed by atoms with E-state index in [0.717, 1.165) is 24.3 Å². The average Bonchev–Trinajstić information content (AvgIpc) is 3.64. The summed E-state index contributed by atoms with van der Waals surface area (Å²) in [5, 5.41) is 17.3. The molecule has 0 bridgehead atoms. The minimum absolute atomic E-state index is 0. The van der Waals surface area contributed by atoms with Crippen molar-refractivity contribution < 1.29 is 33.0 Å². The molecule has 1 aliphatic heterocycles. The van der Waals surface area contributed by atoms with E-state index >= 15 is 0 Å². The van der Waals surface area contributed by atoms with E-state index in [4.69, 9.17) is 35.9 Å². The van der Waals surface area contributed by atoms with Crippen molar-refractivity contribution in [1.82, 2.24) is 24.9 Å². The van der Waals surface area contributed by atoms with Crippen LogP contribution in [-0.4, -0.2) is 64.1 Å². The Morgan fingerprint density at radius 3 is 2.67 bits per heavy atom. The highest BCUT2D eigenvalue weighted by Gasteiger charge is 2.31. The van der Waals surface area contributed by atoms with Crippen LogP contribution < -0.4 is 19.0 Å². The van der Waals surface area contributed by atoms with Gasteiger partial charge in [0.05, 0.1) is 6.61 Å². The number of tetrazole rings is 1. The van der Waals surface area contributed by atoms with E-state index in [1.165, 1.54) is 14.9 Å². The summed E-state index contributed by atoms with van der Waals surface area (Å²) in [7, 11) is 3.99. The molecule has 0 aliphatic carbocycles. The molecule has 0 spiro atoms. The van der Waals surface area contributed by atoms with Gasteiger partial charge in [-0.3, -0.25) is 0 Å². The van der Waals surface area contributed by atoms with Crippen molar-refractivity contribution in [3.05, 3.63) is 57.4 Å². The molecule has 2 aromatic carbocycles. The standard InChI is InChI=1S/C23H22ClF2N6O3S.BrH.HNO2/c1-30(2)10-5-11-33-16-7-4-3-6-15(16)31-28-22(14-8-9-17-18(12-14)35-13-34-17)29-32(31)23-27-19(21(25)26)20(24)36-23;;2-1-3/h3-4,6-9,12,21H,5,10-11,13H2,1-2H3;1H;(H,2,3)/q+1;;. The fourth-order valence-electron chi connectivity index (χ4n) is 3.54. The third-order valence-corrected chi connectivity index (χ3v) is 6.50. The fourth-order valence-corrected chi connectivity index (χ4v) is 4.62. The lowest BCUT2D eigenvalue weighted by molar-refractivity contribution is -0.734. The van der Waals surface area contributed by atoms with E-state index in [1.54, 1.807) is 24.3 Å². The van der Waals surface area contributed by atoms with Crippen molar-refractivity contribution in [2.45, 2.75) is 12.8 Å². The predicted molar refractivity (Wildman–Crippen MR) is 147 cm³/mol. The van der Waals surface area contributed by atoms with E-state index in [2.05, 4.69) is 20.1 Å². The largest absolute Gasteiger partial charge is 0.491 e. The van der Waals surface area contributed by atoms with Crippen LogP contribution >= 0.6 is 39.9 Å². The molecule has 214 valence electrons. The lowest BCUT2D eigenvalue weighted by Crippen LogP contribution is -2.43. The number of rotatable bonds is 9. The Labute approximate surface area is 246 Å². The molecule has 1 N–H and O–H groups in total. The Morgan fingerprint density at radius 1 is 1.25 bits per heavy atom. The molecule has 1 aliphatic rings. The van der Waals surface area contributed by atoms with Crippen LogP contribution in [-0.2, 0) is 0 Å². The molecule has 0 saturated carbocycles. The van der Waals surface area contributed by atoms with Crippen LogP contribution in [0.15, 0.2) is 47.8 Å². The molecule has 5 rings (SSSR count). The molecule has 17 heteroatoms. The lowest BCUT2D eigenvalue weighted by atomic mass is 10.2. The summed E-state index contributed by atoms with van der Waals surface area (Å²) < 4.78 is 43.7. The highest BCUT2D eigenvalue weighted by molar-refractivity contribution is 8.93. The first kappa shape index (κ1) is 31.1. The van der Waals surface area contributed by atoms with Gasteiger partial charge in [-0.25, -0.2) is 8.78 Å². The predicted octanol–water partition coefficient (Wildman–Crippen LogP) is 5.04. The van der Waals surface area contributed by atoms with Gasteiger partial charge in [-0.05, 0) is 76.9 Å². The number of ether oxygens (including phenoxy) is 3. The van der Waals surface area contributed by atoms with Crippen molar-refractivity contribution >= 4 is 39.9 Å². The number of alkyl halides is 2. The first-order valence-corrected chi connectivity index (χ1v) is 12.6. The number of para-hydroxylation sites is 2. The normalized spacial score (nSPS) is 11.7. The third kappa shape index (κ3) is 7.18. The molecule has 2 aromatic heterocycles. The SMILES string of the molecule is Br.CN(C)CCCOc1ccccc1-n1nc(-c2ccc3c(c2)OCO3)n[n+]1-c1nc(C(F)F)c(Cl)s1.O=NO. The molecule has 0 amide bonds. The quantitative estimate of drug-likeness (QED) is 0.113. The maximum absolute atomic E-state index is 13.4. The first-order valence-electron chi connectivity index (χ1n) is 11.4. The summed E-state index contributed by atoms with van der Waals surface area (Å²) in [5.74, 6) is 2.07. The Hall–Kier alpha value is -3.47. The molecule has 0 radical (unpaired) electrons. The molecule has 0 fully saturated rings. The van der Waals surface area contributed by atoms with Gasteiger partial charge in [0.2, 0.25) is 12.5 Å². The summed E-state index contributed by atoms with van der Waals surface area (Å²) in [6.45, 7) is 1.48. The van der Waals surface area contributed by atoms with Gasteiger partial charge in [0.25, 0.3) is 12.2 Å². The Kier molecular flexibility index (Phi) is 11.1. The van der Waals surface area contributed by atoms with Crippen LogP contribution in [0.25, 0.3) is 22.2 Å². The zero-order valence-electron chi connectivity index (χ0n) is 21.1. The van der Waals surface area contributed by atoms with E-state index in [9.17, 15) is 8.78 Å². The number of aromatic nitrogens is 5. The molecule has 0 unspecified atom stereocenters. The first-order chi connectivity index (χ1) is 18.8. The number of benzene rings is 2. The number of nitrogens with zero attached hydrogens (tertiary/aromatic N) is 7.